The number of rotatable bonds is 6. The average Bonchev–Trinajstić information content (AvgIpc) is 2.81. The second kappa shape index (κ2) is 9.14. The number of benzene rings is 3. The fraction of sp³-hybridized carbons (Fsp3) is 0.0833. The number of hydrogen-bond acceptors (Lipinski definition) is 5. The summed E-state index contributed by atoms with van der Waals surface area (Å²) in [5.74, 6) is -0.929. The van der Waals surface area contributed by atoms with Crippen LogP contribution in [0.15, 0.2) is 95.0 Å². The fourth-order valence-electron chi connectivity index (χ4n) is 3.27. The van der Waals surface area contributed by atoms with E-state index in [-0.39, 0.29) is 22.2 Å². The van der Waals surface area contributed by atoms with Crippen LogP contribution < -0.4 is 10.1 Å². The number of ether oxygens (including phenoxy) is 1. The van der Waals surface area contributed by atoms with Crippen molar-refractivity contribution in [3.05, 3.63) is 96.3 Å². The van der Waals surface area contributed by atoms with Crippen molar-refractivity contribution in [3.63, 3.8) is 0 Å². The monoisotopic (exact) mass is 486 g/mol. The summed E-state index contributed by atoms with van der Waals surface area (Å²) in [4.78, 5) is 16.1. The van der Waals surface area contributed by atoms with E-state index in [4.69, 9.17) is 0 Å². The Morgan fingerprint density at radius 3 is 2.41 bits per heavy atom. The van der Waals surface area contributed by atoms with E-state index in [1.807, 2.05) is 12.1 Å². The van der Waals surface area contributed by atoms with E-state index in [9.17, 15) is 26.4 Å². The van der Waals surface area contributed by atoms with Gasteiger partial charge in [-0.25, -0.2) is 8.42 Å². The number of nitrogens with zero attached hydrogens (tertiary/aromatic N) is 1. The number of fused-ring (bicyclic) bond motifs is 1. The molecule has 4 aromatic rings. The van der Waals surface area contributed by atoms with E-state index in [1.165, 1.54) is 36.4 Å². The van der Waals surface area contributed by atoms with Crippen molar-refractivity contribution >= 4 is 26.5 Å². The Balaban J connectivity index is 1.45. The lowest BCUT2D eigenvalue weighted by atomic mass is 10.1. The number of amides is 1. The molecule has 1 amide bonds. The van der Waals surface area contributed by atoms with E-state index < -0.39 is 21.9 Å². The summed E-state index contributed by atoms with van der Waals surface area (Å²) in [5.41, 5.74) is 1.10. The van der Waals surface area contributed by atoms with Crippen LogP contribution in [0.25, 0.3) is 10.8 Å². The smallest absolute Gasteiger partial charge is 0.406 e. The Morgan fingerprint density at radius 1 is 0.912 bits per heavy atom. The molecule has 0 radical (unpaired) electrons. The Hall–Kier alpha value is -3.92. The van der Waals surface area contributed by atoms with Gasteiger partial charge in [-0.2, -0.15) is 0 Å². The highest BCUT2D eigenvalue weighted by Crippen LogP contribution is 2.28. The summed E-state index contributed by atoms with van der Waals surface area (Å²) in [5, 5.41) is 4.55. The number of pyridine rings is 1. The summed E-state index contributed by atoms with van der Waals surface area (Å²) < 4.78 is 66.7. The van der Waals surface area contributed by atoms with E-state index in [0.29, 0.717) is 11.1 Å². The predicted molar refractivity (Wildman–Crippen MR) is 118 cm³/mol. The van der Waals surface area contributed by atoms with Gasteiger partial charge in [-0.05, 0) is 59.5 Å². The first-order chi connectivity index (χ1) is 16.1. The molecule has 1 heterocycles. The minimum atomic E-state index is -4.93. The Morgan fingerprint density at radius 2 is 1.68 bits per heavy atom. The number of carbonyl (C=O) groups excluding carboxylic acids is 1. The zero-order valence-corrected chi connectivity index (χ0v) is 18.2. The highest BCUT2D eigenvalue weighted by molar-refractivity contribution is 7.91. The highest BCUT2D eigenvalue weighted by Gasteiger charge is 2.31. The van der Waals surface area contributed by atoms with E-state index in [2.05, 4.69) is 15.0 Å². The highest BCUT2D eigenvalue weighted by atomic mass is 32.2. The number of nitrogens with one attached hydrogen (secondary N) is 1. The van der Waals surface area contributed by atoms with Crippen LogP contribution in [0.5, 0.6) is 5.75 Å². The first-order valence-electron chi connectivity index (χ1n) is 9.94. The van der Waals surface area contributed by atoms with Gasteiger partial charge in [-0.3, -0.25) is 9.78 Å². The van der Waals surface area contributed by atoms with E-state index >= 15 is 0 Å². The molecule has 0 aliphatic rings. The summed E-state index contributed by atoms with van der Waals surface area (Å²) in [6.45, 7) is 0.152. The van der Waals surface area contributed by atoms with Gasteiger partial charge >= 0.3 is 6.36 Å². The topological polar surface area (TPSA) is 85.4 Å². The molecule has 4 rings (SSSR count). The largest absolute Gasteiger partial charge is 0.573 e. The molecule has 0 bridgehead atoms. The molecule has 0 fully saturated rings. The van der Waals surface area contributed by atoms with Crippen molar-refractivity contribution < 1.29 is 31.1 Å². The Labute approximate surface area is 192 Å². The molecule has 34 heavy (non-hydrogen) atoms. The maximum absolute atomic E-state index is 12.8. The van der Waals surface area contributed by atoms with E-state index in [1.54, 1.807) is 24.5 Å². The first-order valence-corrected chi connectivity index (χ1v) is 11.4. The molecule has 0 saturated heterocycles. The molecule has 0 unspecified atom stereocenters. The van der Waals surface area contributed by atoms with Gasteiger partial charge < -0.3 is 10.1 Å². The Kier molecular flexibility index (Phi) is 6.25. The molecular weight excluding hydrogens is 469 g/mol. The summed E-state index contributed by atoms with van der Waals surface area (Å²) in [7, 11) is -4.07. The predicted octanol–water partition coefficient (Wildman–Crippen LogP) is 4.90. The van der Waals surface area contributed by atoms with Crippen LogP contribution >= 0.6 is 0 Å². The number of aromatic nitrogens is 1. The van der Waals surface area contributed by atoms with Gasteiger partial charge in [0.25, 0.3) is 5.91 Å². The van der Waals surface area contributed by atoms with E-state index in [0.717, 1.165) is 22.9 Å². The molecule has 0 spiro atoms. The minimum absolute atomic E-state index is 0.103. The first kappa shape index (κ1) is 23.2. The molecule has 174 valence electrons. The van der Waals surface area contributed by atoms with Gasteiger partial charge in [-0.15, -0.1) is 13.2 Å². The van der Waals surface area contributed by atoms with Gasteiger partial charge in [0.2, 0.25) is 9.84 Å². The number of hydrogen-bond donors (Lipinski definition) is 1. The third-order valence-corrected chi connectivity index (χ3v) is 6.71. The third kappa shape index (κ3) is 5.34. The maximum Gasteiger partial charge on any atom is 0.573 e. The van der Waals surface area contributed by atoms with Crippen LogP contribution in [0.2, 0.25) is 0 Å². The third-order valence-electron chi connectivity index (χ3n) is 4.94. The standard InChI is InChI=1S/C24H17F3N2O4S/c25-24(26,27)33-20-2-1-3-22(13-20)34(31,32)21-8-4-16(5-9-21)14-29-23(30)18-7-6-17-10-11-28-15-19(17)12-18/h1-13,15H,14H2,(H,29,30). The van der Waals surface area contributed by atoms with Crippen molar-refractivity contribution in [2.75, 3.05) is 0 Å². The number of sulfone groups is 1. The van der Waals surface area contributed by atoms with Crippen LogP contribution in [0, 0.1) is 0 Å². The van der Waals surface area contributed by atoms with Gasteiger partial charge in [0, 0.05) is 29.9 Å². The van der Waals surface area contributed by atoms with Crippen LogP contribution in [0.4, 0.5) is 13.2 Å². The lowest BCUT2D eigenvalue weighted by molar-refractivity contribution is -0.274. The normalized spacial score (nSPS) is 11.9. The zero-order valence-electron chi connectivity index (χ0n) is 17.4. The summed E-state index contributed by atoms with van der Waals surface area (Å²) >= 11 is 0. The molecule has 1 N–H and O–H groups in total. The van der Waals surface area contributed by atoms with Crippen molar-refractivity contribution in [2.24, 2.45) is 0 Å². The molecule has 0 aliphatic heterocycles. The molecule has 0 atom stereocenters. The van der Waals surface area contributed by atoms with Crippen LogP contribution in [0.1, 0.15) is 15.9 Å². The molecule has 0 aliphatic carbocycles. The molecule has 6 nitrogen and oxygen atoms in total. The van der Waals surface area contributed by atoms with Crippen molar-refractivity contribution in [3.8, 4) is 5.75 Å². The lowest BCUT2D eigenvalue weighted by Crippen LogP contribution is -2.22. The van der Waals surface area contributed by atoms with Crippen molar-refractivity contribution in [1.82, 2.24) is 10.3 Å². The number of halogens is 3. The number of carbonyl (C=O) groups is 1. The molecular formula is C24H17F3N2O4S. The average molecular weight is 486 g/mol. The minimum Gasteiger partial charge on any atom is -0.406 e. The second-order valence-electron chi connectivity index (χ2n) is 7.29. The Bertz CT molecular complexity index is 1450. The summed E-state index contributed by atoms with van der Waals surface area (Å²) in [6, 6.07) is 17.0. The number of alkyl halides is 3. The fourth-order valence-corrected chi connectivity index (χ4v) is 4.57. The van der Waals surface area contributed by atoms with Crippen LogP contribution in [-0.4, -0.2) is 25.7 Å². The quantitative estimate of drug-likeness (QED) is 0.419. The molecule has 10 heteroatoms. The summed E-state index contributed by atoms with van der Waals surface area (Å²) in [6.07, 6.45) is -1.60. The van der Waals surface area contributed by atoms with Gasteiger partial charge in [0.15, 0.2) is 0 Å². The molecule has 1 aromatic heterocycles. The lowest BCUT2D eigenvalue weighted by Gasteiger charge is -2.11. The van der Waals surface area contributed by atoms with Crippen molar-refractivity contribution in [2.45, 2.75) is 22.7 Å². The molecule has 0 saturated carbocycles. The van der Waals surface area contributed by atoms with Gasteiger partial charge in [0.05, 0.1) is 9.79 Å². The van der Waals surface area contributed by atoms with Crippen LogP contribution in [0.3, 0.4) is 0 Å². The molecule has 3 aromatic carbocycles. The SMILES string of the molecule is O=C(NCc1ccc(S(=O)(=O)c2cccc(OC(F)(F)F)c2)cc1)c1ccc2ccncc2c1. The second-order valence-corrected chi connectivity index (χ2v) is 9.24. The zero-order chi connectivity index (χ0) is 24.3. The van der Waals surface area contributed by atoms with Gasteiger partial charge in [0.1, 0.15) is 5.75 Å². The van der Waals surface area contributed by atoms with Gasteiger partial charge in [-0.1, -0.05) is 24.3 Å². The van der Waals surface area contributed by atoms with Crippen LogP contribution in [-0.2, 0) is 16.4 Å². The maximum atomic E-state index is 12.8. The van der Waals surface area contributed by atoms with Crippen molar-refractivity contribution in [1.29, 1.82) is 0 Å².